The van der Waals surface area contributed by atoms with Crippen LogP contribution in [0.15, 0.2) is 53.7 Å². The van der Waals surface area contributed by atoms with E-state index in [1.165, 1.54) is 5.56 Å². The first-order valence-electron chi connectivity index (χ1n) is 11.6. The van der Waals surface area contributed by atoms with Crippen molar-refractivity contribution in [3.8, 4) is 0 Å². The molecule has 2 aromatic rings. The van der Waals surface area contributed by atoms with Crippen LogP contribution in [-0.4, -0.2) is 70.8 Å². The summed E-state index contributed by atoms with van der Waals surface area (Å²) in [6.07, 6.45) is 5.77. The molecule has 2 fully saturated rings. The summed E-state index contributed by atoms with van der Waals surface area (Å²) in [6, 6.07) is 14.2. The van der Waals surface area contributed by atoms with Gasteiger partial charge in [0.15, 0.2) is 0 Å². The molecular weight excluding hydrogens is 402 g/mol. The van der Waals surface area contributed by atoms with Crippen molar-refractivity contribution in [3.05, 3.63) is 64.9 Å². The Labute approximate surface area is 188 Å². The number of aromatic nitrogens is 1. The molecule has 3 aliphatic heterocycles. The summed E-state index contributed by atoms with van der Waals surface area (Å²) >= 11 is 0. The first-order chi connectivity index (χ1) is 15.6. The van der Waals surface area contributed by atoms with Gasteiger partial charge in [0.1, 0.15) is 12.0 Å². The normalized spacial score (nSPS) is 24.8. The highest BCUT2D eigenvalue weighted by Crippen LogP contribution is 2.33. The molecule has 0 radical (unpaired) electrons. The second-order valence-electron chi connectivity index (χ2n) is 9.25. The van der Waals surface area contributed by atoms with Gasteiger partial charge in [-0.05, 0) is 43.5 Å². The quantitative estimate of drug-likeness (QED) is 0.732. The van der Waals surface area contributed by atoms with Crippen LogP contribution < -0.4 is 16.0 Å². The van der Waals surface area contributed by atoms with E-state index in [4.69, 9.17) is 0 Å². The minimum atomic E-state index is -0.817. The van der Waals surface area contributed by atoms with Crippen LogP contribution in [0.25, 0.3) is 6.20 Å². The lowest BCUT2D eigenvalue weighted by Gasteiger charge is -2.43. The van der Waals surface area contributed by atoms with Gasteiger partial charge in [-0.25, -0.2) is 0 Å². The Morgan fingerprint density at radius 3 is 2.78 bits per heavy atom. The van der Waals surface area contributed by atoms with E-state index in [1.54, 1.807) is 6.20 Å². The van der Waals surface area contributed by atoms with Crippen LogP contribution in [-0.2, 0) is 4.79 Å². The summed E-state index contributed by atoms with van der Waals surface area (Å²) in [5.74, 6) is 0.442. The highest BCUT2D eigenvalue weighted by Gasteiger charge is 2.39. The van der Waals surface area contributed by atoms with Crippen LogP contribution in [0.5, 0.6) is 0 Å². The summed E-state index contributed by atoms with van der Waals surface area (Å²) in [4.78, 5) is 26.4. The molecule has 4 heterocycles. The van der Waals surface area contributed by atoms with Crippen LogP contribution in [0.4, 0.5) is 0 Å². The third kappa shape index (κ3) is 4.40. The van der Waals surface area contributed by atoms with Crippen molar-refractivity contribution in [3.63, 3.8) is 0 Å². The van der Waals surface area contributed by atoms with Crippen molar-refractivity contribution in [1.82, 2.24) is 20.1 Å². The molecular formula is C25H31N5O2. The van der Waals surface area contributed by atoms with Crippen molar-refractivity contribution in [2.45, 2.75) is 30.8 Å². The molecule has 3 aliphatic rings. The maximum atomic E-state index is 13.5. The van der Waals surface area contributed by atoms with E-state index in [-0.39, 0.29) is 17.7 Å². The number of carbonyl (C=O) groups excluding carboxylic acids is 1. The zero-order valence-corrected chi connectivity index (χ0v) is 18.4. The molecule has 0 saturated carbocycles. The summed E-state index contributed by atoms with van der Waals surface area (Å²) in [6.45, 7) is 3.94. The average molecular weight is 434 g/mol. The van der Waals surface area contributed by atoms with E-state index in [9.17, 15) is 9.90 Å². The molecule has 0 aliphatic carbocycles. The van der Waals surface area contributed by atoms with Gasteiger partial charge in [-0.3, -0.25) is 14.8 Å². The second-order valence-corrected chi connectivity index (χ2v) is 9.25. The van der Waals surface area contributed by atoms with Crippen LogP contribution in [0, 0.1) is 5.92 Å². The van der Waals surface area contributed by atoms with E-state index in [0.717, 1.165) is 30.2 Å². The number of nitrogens with one attached hydrogen (secondary N) is 1. The number of carbonyl (C=O) groups is 1. The largest absolute Gasteiger partial charge is 0.388 e. The molecule has 1 aromatic carbocycles. The van der Waals surface area contributed by atoms with E-state index in [0.29, 0.717) is 39.1 Å². The van der Waals surface area contributed by atoms with Crippen molar-refractivity contribution in [2.24, 2.45) is 10.9 Å². The Hall–Kier alpha value is -2.77. The maximum absolute atomic E-state index is 13.5. The molecule has 2 saturated heterocycles. The van der Waals surface area contributed by atoms with Crippen LogP contribution in [0.1, 0.15) is 30.7 Å². The highest BCUT2D eigenvalue weighted by molar-refractivity contribution is 5.80. The standard InChI is InChI=1S/C25H31N5O2/c31-24(20-8-12-26-15-21(20)19-5-2-1-3-6-19)30-13-9-25(32,10-14-30)17-29-16-23-22(28-18-29)7-4-11-27-23/h1-7,11,16,20-21,26,32H,8-10,12-15,17-18H2/t20-,21+/m1/s1. The Morgan fingerprint density at radius 2 is 1.97 bits per heavy atom. The number of fused-ring (bicyclic) bond motifs is 1. The number of nitrogens with zero attached hydrogens (tertiary/aromatic N) is 4. The number of hydrogen-bond donors (Lipinski definition) is 2. The maximum Gasteiger partial charge on any atom is 0.226 e. The summed E-state index contributed by atoms with van der Waals surface area (Å²) in [5.41, 5.74) is 0.409. The Kier molecular flexibility index (Phi) is 5.93. The molecule has 2 atom stereocenters. The number of pyridine rings is 1. The highest BCUT2D eigenvalue weighted by atomic mass is 16.3. The number of likely N-dealkylation sites (tertiary alicyclic amines) is 1. The molecule has 0 unspecified atom stereocenters. The molecule has 32 heavy (non-hydrogen) atoms. The van der Waals surface area contributed by atoms with Gasteiger partial charge in [0, 0.05) is 50.4 Å². The SMILES string of the molecule is O=C([C@@H]1CCNC[C@H]1c1ccccc1)N1CCC(O)(CN2C=c3ncccc3=NC2)CC1. The summed E-state index contributed by atoms with van der Waals surface area (Å²) < 4.78 is 0. The Balaban J connectivity index is 1.22. The number of piperidine rings is 2. The topological polar surface area (TPSA) is 81.1 Å². The second kappa shape index (κ2) is 9.00. The van der Waals surface area contributed by atoms with Crippen LogP contribution >= 0.6 is 0 Å². The first kappa shape index (κ1) is 21.1. The third-order valence-corrected chi connectivity index (χ3v) is 7.07. The first-order valence-corrected chi connectivity index (χ1v) is 11.6. The number of rotatable bonds is 4. The van der Waals surface area contributed by atoms with Crippen molar-refractivity contribution >= 4 is 12.1 Å². The fourth-order valence-electron chi connectivity index (χ4n) is 5.24. The molecule has 7 heteroatoms. The van der Waals surface area contributed by atoms with E-state index >= 15 is 0 Å². The fraction of sp³-hybridized carbons (Fsp3) is 0.480. The lowest BCUT2D eigenvalue weighted by atomic mass is 9.80. The summed E-state index contributed by atoms with van der Waals surface area (Å²) in [5, 5.41) is 16.4. The third-order valence-electron chi connectivity index (χ3n) is 7.07. The molecule has 0 bridgehead atoms. The van der Waals surface area contributed by atoms with Gasteiger partial charge in [0.2, 0.25) is 5.91 Å². The number of hydrogen-bond acceptors (Lipinski definition) is 6. The lowest BCUT2D eigenvalue weighted by Crippen LogP contribution is -2.54. The zero-order chi connectivity index (χ0) is 22.0. The molecule has 1 aromatic heterocycles. The Morgan fingerprint density at radius 1 is 1.16 bits per heavy atom. The van der Waals surface area contributed by atoms with Gasteiger partial charge < -0.3 is 20.2 Å². The zero-order valence-electron chi connectivity index (χ0n) is 18.4. The monoisotopic (exact) mass is 433 g/mol. The lowest BCUT2D eigenvalue weighted by molar-refractivity contribution is -0.141. The number of β-amino-alcohol motifs (C(OH)–C–C–N with tert-alkyl or cyclic N) is 1. The fourth-order valence-corrected chi connectivity index (χ4v) is 5.24. The number of aliphatic hydroxyl groups is 1. The molecule has 5 rings (SSSR count). The smallest absolute Gasteiger partial charge is 0.226 e. The van der Waals surface area contributed by atoms with Crippen molar-refractivity contribution in [1.29, 1.82) is 0 Å². The Bertz CT molecular complexity index is 1070. The summed E-state index contributed by atoms with van der Waals surface area (Å²) in [7, 11) is 0. The van der Waals surface area contributed by atoms with Crippen LogP contribution in [0.2, 0.25) is 0 Å². The predicted molar refractivity (Wildman–Crippen MR) is 122 cm³/mol. The van der Waals surface area contributed by atoms with Gasteiger partial charge >= 0.3 is 0 Å². The van der Waals surface area contributed by atoms with Gasteiger partial charge in [0.25, 0.3) is 0 Å². The molecule has 1 amide bonds. The minimum absolute atomic E-state index is 0.00152. The van der Waals surface area contributed by atoms with Gasteiger partial charge in [0.05, 0.1) is 11.0 Å². The number of benzene rings is 1. The van der Waals surface area contributed by atoms with E-state index in [1.807, 2.05) is 46.3 Å². The van der Waals surface area contributed by atoms with Crippen LogP contribution in [0.3, 0.4) is 0 Å². The molecule has 0 spiro atoms. The van der Waals surface area contributed by atoms with Gasteiger partial charge in [-0.15, -0.1) is 0 Å². The molecule has 168 valence electrons. The number of amides is 1. The van der Waals surface area contributed by atoms with E-state index < -0.39 is 5.60 Å². The molecule has 2 N–H and O–H groups in total. The van der Waals surface area contributed by atoms with Crippen molar-refractivity contribution < 1.29 is 9.90 Å². The predicted octanol–water partition coefficient (Wildman–Crippen LogP) is 0.459. The van der Waals surface area contributed by atoms with Gasteiger partial charge in [-0.2, -0.15) is 0 Å². The average Bonchev–Trinajstić information content (AvgIpc) is 2.84. The van der Waals surface area contributed by atoms with Gasteiger partial charge in [-0.1, -0.05) is 30.3 Å². The van der Waals surface area contributed by atoms with Crippen molar-refractivity contribution in [2.75, 3.05) is 39.4 Å². The van der Waals surface area contributed by atoms with E-state index in [2.05, 4.69) is 27.4 Å². The molecule has 7 nitrogen and oxygen atoms in total. The minimum Gasteiger partial charge on any atom is -0.388 e.